The molecule has 6 nitrogen and oxygen atoms in total. The third kappa shape index (κ3) is 3.65. The van der Waals surface area contributed by atoms with Gasteiger partial charge in [-0.2, -0.15) is 0 Å². The van der Waals surface area contributed by atoms with Crippen LogP contribution < -0.4 is 4.90 Å². The number of aliphatic hydroxyl groups is 1. The number of carboxylic acid groups (broad SMARTS) is 1. The van der Waals surface area contributed by atoms with Gasteiger partial charge in [-0.25, -0.2) is 9.18 Å². The Balaban J connectivity index is 1.94. The first kappa shape index (κ1) is 21.0. The Kier molecular flexibility index (Phi) is 5.32. The molecule has 0 spiro atoms. The molecule has 0 aliphatic carbocycles. The summed E-state index contributed by atoms with van der Waals surface area (Å²) in [5, 5.41) is 20.3. The van der Waals surface area contributed by atoms with E-state index in [-0.39, 0.29) is 22.6 Å². The molecular weight excluding hydrogens is 413 g/mol. The molecule has 1 aliphatic rings. The van der Waals surface area contributed by atoms with E-state index in [9.17, 15) is 29.0 Å². The fourth-order valence-corrected chi connectivity index (χ4v) is 3.72. The number of hydrogen-bond acceptors (Lipinski definition) is 4. The van der Waals surface area contributed by atoms with Gasteiger partial charge in [0.15, 0.2) is 0 Å². The van der Waals surface area contributed by atoms with Crippen LogP contribution in [0.2, 0.25) is 0 Å². The number of anilines is 1. The third-order valence-electron chi connectivity index (χ3n) is 5.33. The molecule has 1 saturated heterocycles. The minimum Gasteiger partial charge on any atom is -0.507 e. The lowest BCUT2D eigenvalue weighted by molar-refractivity contribution is -0.132. The highest BCUT2D eigenvalue weighted by Gasteiger charge is 2.47. The molecule has 3 aromatic carbocycles. The molecule has 4 rings (SSSR count). The average Bonchev–Trinajstić information content (AvgIpc) is 3.05. The molecule has 7 heteroatoms. The maximum absolute atomic E-state index is 13.6. The predicted octanol–water partition coefficient (Wildman–Crippen LogP) is 4.46. The fraction of sp³-hybridized carbons (Fsp3) is 0.0800. The molecule has 3 aromatic rings. The van der Waals surface area contributed by atoms with Gasteiger partial charge < -0.3 is 10.2 Å². The highest BCUT2D eigenvalue weighted by molar-refractivity contribution is 6.51. The van der Waals surface area contributed by atoms with Crippen LogP contribution in [0.5, 0.6) is 0 Å². The molecule has 0 bridgehead atoms. The average molecular weight is 431 g/mol. The molecule has 160 valence electrons. The summed E-state index contributed by atoms with van der Waals surface area (Å²) in [5.41, 5.74) is 1.62. The fourth-order valence-electron chi connectivity index (χ4n) is 3.72. The monoisotopic (exact) mass is 431 g/mol. The number of aromatic carboxylic acids is 1. The number of amides is 1. The number of carboxylic acids is 1. The number of rotatable bonds is 4. The smallest absolute Gasteiger partial charge is 0.335 e. The van der Waals surface area contributed by atoms with E-state index in [2.05, 4.69) is 0 Å². The number of carbonyl (C=O) groups is 3. The molecule has 1 aliphatic heterocycles. The van der Waals surface area contributed by atoms with Crippen molar-refractivity contribution in [2.75, 3.05) is 4.90 Å². The molecule has 1 atom stereocenters. The molecule has 0 aromatic heterocycles. The molecule has 0 saturated carbocycles. The number of Topliss-reactive ketones (excluding diaryl/α,β-unsaturated/α-hetero) is 1. The first-order valence-corrected chi connectivity index (χ1v) is 9.75. The minimum atomic E-state index is -1.19. The van der Waals surface area contributed by atoms with Gasteiger partial charge in [0.1, 0.15) is 11.6 Å². The zero-order chi connectivity index (χ0) is 23.0. The van der Waals surface area contributed by atoms with Gasteiger partial charge in [0.2, 0.25) is 0 Å². The number of aliphatic hydroxyl groups excluding tert-OH is 1. The lowest BCUT2D eigenvalue weighted by atomic mass is 9.95. The second kappa shape index (κ2) is 8.11. The summed E-state index contributed by atoms with van der Waals surface area (Å²) in [6.07, 6.45) is 0. The van der Waals surface area contributed by atoms with Gasteiger partial charge in [-0.3, -0.25) is 14.5 Å². The number of benzene rings is 3. The van der Waals surface area contributed by atoms with E-state index in [1.54, 1.807) is 24.3 Å². The van der Waals surface area contributed by atoms with Gasteiger partial charge >= 0.3 is 5.97 Å². The van der Waals surface area contributed by atoms with E-state index in [0.29, 0.717) is 11.1 Å². The normalized spacial score (nSPS) is 17.6. The first-order valence-electron chi connectivity index (χ1n) is 9.75. The first-order chi connectivity index (χ1) is 15.3. The van der Waals surface area contributed by atoms with Crippen LogP contribution >= 0.6 is 0 Å². The number of halogens is 1. The van der Waals surface area contributed by atoms with E-state index >= 15 is 0 Å². The Morgan fingerprint density at radius 3 is 2.19 bits per heavy atom. The van der Waals surface area contributed by atoms with Gasteiger partial charge in [0.25, 0.3) is 11.7 Å². The van der Waals surface area contributed by atoms with E-state index in [0.717, 1.165) is 10.5 Å². The summed E-state index contributed by atoms with van der Waals surface area (Å²) in [6.45, 7) is 1.87. The van der Waals surface area contributed by atoms with Crippen molar-refractivity contribution in [3.05, 3.63) is 106 Å². The number of ketones is 1. The van der Waals surface area contributed by atoms with Crippen LogP contribution in [0.15, 0.2) is 78.4 Å². The second-order valence-corrected chi connectivity index (χ2v) is 7.44. The lowest BCUT2D eigenvalue weighted by Crippen LogP contribution is -2.29. The molecule has 0 radical (unpaired) electrons. The van der Waals surface area contributed by atoms with Crippen molar-refractivity contribution in [3.63, 3.8) is 0 Å². The highest BCUT2D eigenvalue weighted by atomic mass is 19.1. The molecule has 1 heterocycles. The van der Waals surface area contributed by atoms with Crippen molar-refractivity contribution >= 4 is 29.1 Å². The Labute approximate surface area is 182 Å². The summed E-state index contributed by atoms with van der Waals surface area (Å²) in [5.74, 6) is -3.90. The van der Waals surface area contributed by atoms with Gasteiger partial charge in [-0.15, -0.1) is 0 Å². The Hall–Kier alpha value is -4.26. The summed E-state index contributed by atoms with van der Waals surface area (Å²) in [4.78, 5) is 38.6. The Bertz CT molecular complexity index is 1260. The van der Waals surface area contributed by atoms with Crippen molar-refractivity contribution in [2.45, 2.75) is 13.0 Å². The van der Waals surface area contributed by atoms with E-state index in [4.69, 9.17) is 0 Å². The summed E-state index contributed by atoms with van der Waals surface area (Å²) in [7, 11) is 0. The maximum atomic E-state index is 13.6. The molecule has 1 fully saturated rings. The SMILES string of the molecule is Cc1ccc(/C(O)=C2/C(=O)C(=O)N(c3cccc(C(=O)O)c3)C2c2ccc(F)cc2)cc1. The molecule has 32 heavy (non-hydrogen) atoms. The van der Waals surface area contributed by atoms with Crippen LogP contribution in [0.1, 0.15) is 33.1 Å². The van der Waals surface area contributed by atoms with Crippen LogP contribution in [0.4, 0.5) is 10.1 Å². The van der Waals surface area contributed by atoms with Gasteiger partial charge in [0, 0.05) is 11.3 Å². The maximum Gasteiger partial charge on any atom is 0.335 e. The van der Waals surface area contributed by atoms with E-state index in [1.165, 1.54) is 48.5 Å². The van der Waals surface area contributed by atoms with Crippen molar-refractivity contribution in [3.8, 4) is 0 Å². The Morgan fingerprint density at radius 1 is 0.906 bits per heavy atom. The lowest BCUT2D eigenvalue weighted by Gasteiger charge is -2.25. The number of carbonyl (C=O) groups excluding carboxylic acids is 2. The largest absolute Gasteiger partial charge is 0.507 e. The van der Waals surface area contributed by atoms with Crippen molar-refractivity contribution in [1.82, 2.24) is 0 Å². The molecule has 2 N–H and O–H groups in total. The van der Waals surface area contributed by atoms with Gasteiger partial charge in [-0.1, -0.05) is 48.0 Å². The molecule has 1 amide bonds. The zero-order valence-corrected chi connectivity index (χ0v) is 16.9. The summed E-state index contributed by atoms with van der Waals surface area (Å²) < 4.78 is 13.6. The van der Waals surface area contributed by atoms with Crippen LogP contribution in [-0.2, 0) is 9.59 Å². The molecular formula is C25H18FNO5. The second-order valence-electron chi connectivity index (χ2n) is 7.44. The van der Waals surface area contributed by atoms with Crippen molar-refractivity contribution < 1.29 is 29.0 Å². The van der Waals surface area contributed by atoms with Crippen molar-refractivity contribution in [1.29, 1.82) is 0 Å². The van der Waals surface area contributed by atoms with E-state index in [1.807, 2.05) is 6.92 Å². The van der Waals surface area contributed by atoms with E-state index < -0.39 is 29.5 Å². The summed E-state index contributed by atoms with van der Waals surface area (Å²) >= 11 is 0. The van der Waals surface area contributed by atoms with Crippen LogP contribution in [0.25, 0.3) is 5.76 Å². The van der Waals surface area contributed by atoms with Gasteiger partial charge in [-0.05, 0) is 42.8 Å². The number of nitrogens with zero attached hydrogens (tertiary/aromatic N) is 1. The van der Waals surface area contributed by atoms with Crippen LogP contribution in [0, 0.1) is 12.7 Å². The third-order valence-corrected chi connectivity index (χ3v) is 5.33. The standard InChI is InChI=1S/C25H18FNO5/c1-14-5-7-16(8-6-14)22(28)20-21(15-9-11-18(26)12-10-15)27(24(30)23(20)29)19-4-2-3-17(13-19)25(31)32/h2-13,21,28H,1H3,(H,31,32)/b22-20-. The topological polar surface area (TPSA) is 94.9 Å². The minimum absolute atomic E-state index is 0.0687. The quantitative estimate of drug-likeness (QED) is 0.361. The van der Waals surface area contributed by atoms with Gasteiger partial charge in [0.05, 0.1) is 17.2 Å². The highest BCUT2D eigenvalue weighted by Crippen LogP contribution is 2.42. The van der Waals surface area contributed by atoms with Crippen molar-refractivity contribution in [2.24, 2.45) is 0 Å². The summed E-state index contributed by atoms with van der Waals surface area (Å²) in [6, 6.07) is 16.5. The predicted molar refractivity (Wildman–Crippen MR) is 116 cm³/mol. The Morgan fingerprint density at radius 2 is 1.56 bits per heavy atom. The zero-order valence-electron chi connectivity index (χ0n) is 16.9. The number of aryl methyl sites for hydroxylation is 1. The molecule has 1 unspecified atom stereocenters. The number of hydrogen-bond donors (Lipinski definition) is 2. The van der Waals surface area contributed by atoms with Crippen LogP contribution in [0.3, 0.4) is 0 Å². The van der Waals surface area contributed by atoms with Crippen LogP contribution in [-0.4, -0.2) is 27.9 Å².